The molecule has 2 aromatic rings. The second kappa shape index (κ2) is 8.99. The standard InChI is InChI=1S/C15H7F3I3NO5S/c16-15(17,18)28(25,26)22-13(23)7-1-3-9(4-2-7)27-14(24)10-5-8(19)6-11(20)12(10)21/h1-6H,(H,22,23). The first-order chi connectivity index (χ1) is 12.8. The molecular weight excluding hydrogens is 744 g/mol. The molecule has 0 unspecified atom stereocenters. The van der Waals surface area contributed by atoms with E-state index in [9.17, 15) is 31.2 Å². The van der Waals surface area contributed by atoms with Gasteiger partial charge in [-0.25, -0.2) is 9.52 Å². The molecule has 0 spiro atoms. The summed E-state index contributed by atoms with van der Waals surface area (Å²) in [7, 11) is -5.81. The number of carbonyl (C=O) groups is 2. The summed E-state index contributed by atoms with van der Waals surface area (Å²) in [5.74, 6) is -2.08. The highest BCUT2D eigenvalue weighted by atomic mass is 127. The zero-order valence-corrected chi connectivity index (χ0v) is 20.5. The van der Waals surface area contributed by atoms with Crippen LogP contribution in [0.4, 0.5) is 13.2 Å². The van der Waals surface area contributed by atoms with E-state index in [0.29, 0.717) is 9.13 Å². The number of esters is 1. The lowest BCUT2D eigenvalue weighted by molar-refractivity contribution is -0.0446. The first-order valence-corrected chi connectivity index (χ1v) is 11.6. The molecule has 0 bridgehead atoms. The van der Waals surface area contributed by atoms with Gasteiger partial charge in [0.2, 0.25) is 0 Å². The minimum atomic E-state index is -5.81. The van der Waals surface area contributed by atoms with Crippen LogP contribution < -0.4 is 9.46 Å². The van der Waals surface area contributed by atoms with Gasteiger partial charge in [-0.3, -0.25) is 4.79 Å². The van der Waals surface area contributed by atoms with E-state index in [-0.39, 0.29) is 11.3 Å². The van der Waals surface area contributed by atoms with Crippen LogP contribution in [0.3, 0.4) is 0 Å². The summed E-state index contributed by atoms with van der Waals surface area (Å²) in [6, 6.07) is 7.91. The quantitative estimate of drug-likeness (QED) is 0.218. The van der Waals surface area contributed by atoms with Gasteiger partial charge in [0.15, 0.2) is 0 Å². The molecule has 0 atom stereocenters. The number of rotatable bonds is 4. The molecule has 1 N–H and O–H groups in total. The number of nitrogens with one attached hydrogen (secondary N) is 1. The molecule has 150 valence electrons. The molecule has 0 aliphatic carbocycles. The van der Waals surface area contributed by atoms with Gasteiger partial charge in [0.25, 0.3) is 5.91 Å². The average molecular weight is 751 g/mol. The van der Waals surface area contributed by atoms with Gasteiger partial charge in [0, 0.05) is 16.3 Å². The first-order valence-electron chi connectivity index (χ1n) is 6.92. The van der Waals surface area contributed by atoms with Crippen molar-refractivity contribution in [2.75, 3.05) is 0 Å². The maximum absolute atomic E-state index is 12.3. The van der Waals surface area contributed by atoms with E-state index in [1.165, 1.54) is 12.1 Å². The Morgan fingerprint density at radius 1 is 1.00 bits per heavy atom. The molecule has 0 heterocycles. The van der Waals surface area contributed by atoms with Crippen molar-refractivity contribution in [3.8, 4) is 5.75 Å². The van der Waals surface area contributed by atoms with E-state index >= 15 is 0 Å². The van der Waals surface area contributed by atoms with Gasteiger partial charge in [-0.05, 0) is 104 Å². The maximum atomic E-state index is 12.3. The van der Waals surface area contributed by atoms with E-state index in [2.05, 4.69) is 45.2 Å². The normalized spacial score (nSPS) is 11.8. The van der Waals surface area contributed by atoms with Crippen LogP contribution in [0.25, 0.3) is 0 Å². The highest BCUT2D eigenvalue weighted by Crippen LogP contribution is 2.25. The van der Waals surface area contributed by atoms with Gasteiger partial charge in [-0.15, -0.1) is 0 Å². The fourth-order valence-electron chi connectivity index (χ4n) is 1.78. The zero-order chi connectivity index (χ0) is 21.3. The Morgan fingerprint density at radius 3 is 2.11 bits per heavy atom. The third-order valence-electron chi connectivity index (χ3n) is 3.07. The number of alkyl halides is 3. The minimum absolute atomic E-state index is 0.0323. The van der Waals surface area contributed by atoms with Gasteiger partial charge in [-0.1, -0.05) is 0 Å². The molecular formula is C15H7F3I3NO5S. The fraction of sp³-hybridized carbons (Fsp3) is 0.0667. The molecule has 0 fully saturated rings. The Hall–Kier alpha value is -0.690. The van der Waals surface area contributed by atoms with Crippen LogP contribution in [-0.4, -0.2) is 25.8 Å². The molecule has 13 heteroatoms. The summed E-state index contributed by atoms with van der Waals surface area (Å²) >= 11 is 6.12. The predicted molar refractivity (Wildman–Crippen MR) is 118 cm³/mol. The van der Waals surface area contributed by atoms with Gasteiger partial charge in [0.05, 0.1) is 5.56 Å². The topological polar surface area (TPSA) is 89.5 Å². The minimum Gasteiger partial charge on any atom is -0.423 e. The van der Waals surface area contributed by atoms with Crippen LogP contribution in [0.2, 0.25) is 0 Å². The largest absolute Gasteiger partial charge is 0.516 e. The van der Waals surface area contributed by atoms with E-state index in [1.807, 2.05) is 28.7 Å². The molecule has 6 nitrogen and oxygen atoms in total. The molecule has 0 radical (unpaired) electrons. The Morgan fingerprint density at radius 2 is 1.57 bits per heavy atom. The Bertz CT molecular complexity index is 1040. The molecule has 0 saturated heterocycles. The summed E-state index contributed by atoms with van der Waals surface area (Å²) in [5, 5.41) is 0. The van der Waals surface area contributed by atoms with Crippen LogP contribution in [0, 0.1) is 10.7 Å². The third-order valence-corrected chi connectivity index (χ3v) is 7.80. The van der Waals surface area contributed by atoms with E-state index in [4.69, 9.17) is 4.74 Å². The number of benzene rings is 2. The van der Waals surface area contributed by atoms with Gasteiger partial charge in [0.1, 0.15) is 5.75 Å². The Kier molecular flexibility index (Phi) is 7.57. The van der Waals surface area contributed by atoms with Crippen molar-refractivity contribution in [1.82, 2.24) is 4.72 Å². The van der Waals surface area contributed by atoms with Crippen molar-refractivity contribution in [2.45, 2.75) is 5.51 Å². The number of halogens is 6. The lowest BCUT2D eigenvalue weighted by Crippen LogP contribution is -2.40. The van der Waals surface area contributed by atoms with Crippen molar-refractivity contribution in [1.29, 1.82) is 0 Å². The number of ether oxygens (including phenoxy) is 1. The number of hydrogen-bond donors (Lipinski definition) is 1. The van der Waals surface area contributed by atoms with Crippen molar-refractivity contribution in [2.24, 2.45) is 0 Å². The lowest BCUT2D eigenvalue weighted by atomic mass is 10.2. The van der Waals surface area contributed by atoms with Crippen LogP contribution in [0.1, 0.15) is 20.7 Å². The summed E-state index contributed by atoms with van der Waals surface area (Å²) in [4.78, 5) is 24.0. The van der Waals surface area contributed by atoms with Crippen LogP contribution in [0.5, 0.6) is 5.75 Å². The molecule has 0 aliphatic heterocycles. The molecule has 0 aromatic heterocycles. The summed E-state index contributed by atoms with van der Waals surface area (Å²) < 4.78 is 67.3. The van der Waals surface area contributed by atoms with Crippen molar-refractivity contribution >= 4 is 89.7 Å². The number of sulfonamides is 1. The highest BCUT2D eigenvalue weighted by molar-refractivity contribution is 14.1. The SMILES string of the molecule is O=C(NS(=O)(=O)C(F)(F)F)c1ccc(OC(=O)c2cc(I)cc(I)c2I)cc1. The molecule has 1 amide bonds. The maximum Gasteiger partial charge on any atom is 0.516 e. The molecule has 0 aliphatic rings. The van der Waals surface area contributed by atoms with Crippen LogP contribution in [-0.2, 0) is 10.0 Å². The summed E-state index contributed by atoms with van der Waals surface area (Å²) in [6.45, 7) is 0. The van der Waals surface area contributed by atoms with E-state index in [0.717, 1.165) is 24.0 Å². The molecule has 28 heavy (non-hydrogen) atoms. The summed E-state index contributed by atoms with van der Waals surface area (Å²) in [5.41, 5.74) is -5.64. The lowest BCUT2D eigenvalue weighted by Gasteiger charge is -2.10. The van der Waals surface area contributed by atoms with Crippen LogP contribution in [0.15, 0.2) is 36.4 Å². The number of carbonyl (C=O) groups excluding carboxylic acids is 2. The molecule has 2 aromatic carbocycles. The summed E-state index contributed by atoms with van der Waals surface area (Å²) in [6.07, 6.45) is 0. The second-order valence-corrected chi connectivity index (χ2v) is 10.2. The zero-order valence-electron chi connectivity index (χ0n) is 13.2. The second-order valence-electron chi connectivity index (χ2n) is 5.04. The van der Waals surface area contributed by atoms with E-state index in [1.54, 1.807) is 6.07 Å². The van der Waals surface area contributed by atoms with Crippen molar-refractivity contribution < 1.29 is 35.9 Å². The van der Waals surface area contributed by atoms with Gasteiger partial charge < -0.3 is 4.74 Å². The Labute approximate surface area is 198 Å². The molecule has 0 saturated carbocycles. The number of hydrogen-bond acceptors (Lipinski definition) is 5. The third kappa shape index (κ3) is 5.68. The molecule has 2 rings (SSSR count). The smallest absolute Gasteiger partial charge is 0.423 e. The van der Waals surface area contributed by atoms with Gasteiger partial charge >= 0.3 is 21.5 Å². The van der Waals surface area contributed by atoms with Crippen LogP contribution >= 0.6 is 67.8 Å². The average Bonchev–Trinajstić information content (AvgIpc) is 2.57. The Balaban J connectivity index is 2.15. The first kappa shape index (κ1) is 23.6. The van der Waals surface area contributed by atoms with Gasteiger partial charge in [-0.2, -0.15) is 21.6 Å². The van der Waals surface area contributed by atoms with Crippen molar-refractivity contribution in [3.05, 3.63) is 58.2 Å². The highest BCUT2D eigenvalue weighted by Gasteiger charge is 2.47. The predicted octanol–water partition coefficient (Wildman–Crippen LogP) is 4.30. The monoisotopic (exact) mass is 751 g/mol. The van der Waals surface area contributed by atoms with Crippen molar-refractivity contribution in [3.63, 3.8) is 0 Å². The number of amides is 1. The fourth-order valence-corrected chi connectivity index (χ4v) is 4.63. The van der Waals surface area contributed by atoms with E-state index < -0.39 is 27.4 Å².